The number of piperazine rings is 1. The Morgan fingerprint density at radius 2 is 2.00 bits per heavy atom. The average Bonchev–Trinajstić information content (AvgIpc) is 3.24. The summed E-state index contributed by atoms with van der Waals surface area (Å²) < 4.78 is 0. The Morgan fingerprint density at radius 1 is 1.20 bits per heavy atom. The molecule has 0 radical (unpaired) electrons. The molecule has 0 bridgehead atoms. The summed E-state index contributed by atoms with van der Waals surface area (Å²) in [6, 6.07) is 0.851. The van der Waals surface area contributed by atoms with Gasteiger partial charge in [-0.25, -0.2) is 0 Å². The van der Waals surface area contributed by atoms with Crippen molar-refractivity contribution < 1.29 is 0 Å². The first kappa shape index (κ1) is 11.9. The van der Waals surface area contributed by atoms with E-state index in [1.807, 2.05) is 13.2 Å². The molecular weight excluding hydrogens is 254 g/mol. The van der Waals surface area contributed by atoms with E-state index in [-0.39, 0.29) is 0 Å². The van der Waals surface area contributed by atoms with Crippen LogP contribution in [0.3, 0.4) is 0 Å². The molecule has 1 aliphatic heterocycles. The quantitative estimate of drug-likeness (QED) is 0.857. The molecule has 0 atom stereocenters. The number of rotatable bonds is 3. The van der Waals surface area contributed by atoms with Crippen LogP contribution in [0.2, 0.25) is 0 Å². The molecule has 4 rings (SSSR count). The molecule has 7 nitrogen and oxygen atoms in total. The lowest BCUT2D eigenvalue weighted by Gasteiger charge is -2.35. The third kappa shape index (κ3) is 1.98. The summed E-state index contributed by atoms with van der Waals surface area (Å²) in [4.78, 5) is 14.0. The van der Waals surface area contributed by atoms with Crippen LogP contribution in [0, 0.1) is 0 Å². The molecular formula is C13H19N7. The standard InChI is InChI=1S/C13H19N7/c1-14-13-16-11-10(8-15-18-11)12(17-13)20-6-4-19(5-7-20)9-2-3-9/h8-9H,2-7H2,1H3,(H2,14,15,16,17,18). The van der Waals surface area contributed by atoms with Crippen LogP contribution in [-0.2, 0) is 0 Å². The third-order valence-corrected chi connectivity index (χ3v) is 4.19. The summed E-state index contributed by atoms with van der Waals surface area (Å²) in [5, 5.41) is 11.0. The van der Waals surface area contributed by atoms with Crippen LogP contribution in [0.1, 0.15) is 12.8 Å². The van der Waals surface area contributed by atoms with Crippen LogP contribution >= 0.6 is 0 Å². The predicted octanol–water partition coefficient (Wildman–Crippen LogP) is 0.679. The van der Waals surface area contributed by atoms with E-state index in [1.165, 1.54) is 12.8 Å². The highest BCUT2D eigenvalue weighted by Crippen LogP contribution is 2.30. The van der Waals surface area contributed by atoms with Crippen molar-refractivity contribution in [1.29, 1.82) is 0 Å². The molecule has 106 valence electrons. The minimum absolute atomic E-state index is 0.640. The zero-order chi connectivity index (χ0) is 13.5. The Hall–Kier alpha value is -1.89. The van der Waals surface area contributed by atoms with Gasteiger partial charge in [-0.2, -0.15) is 15.1 Å². The van der Waals surface area contributed by atoms with Gasteiger partial charge < -0.3 is 10.2 Å². The number of aromatic nitrogens is 4. The predicted molar refractivity (Wildman–Crippen MR) is 78.0 cm³/mol. The lowest BCUT2D eigenvalue weighted by atomic mass is 10.2. The number of hydrogen-bond donors (Lipinski definition) is 2. The second-order valence-electron chi connectivity index (χ2n) is 5.51. The highest BCUT2D eigenvalue weighted by molar-refractivity contribution is 5.87. The Balaban J connectivity index is 1.62. The summed E-state index contributed by atoms with van der Waals surface area (Å²) in [6.45, 7) is 4.31. The molecule has 0 aromatic carbocycles. The summed E-state index contributed by atoms with van der Waals surface area (Å²) in [5.41, 5.74) is 0.795. The average molecular weight is 273 g/mol. The van der Waals surface area contributed by atoms with Crippen molar-refractivity contribution in [3.05, 3.63) is 6.20 Å². The number of nitrogens with one attached hydrogen (secondary N) is 2. The van der Waals surface area contributed by atoms with Gasteiger partial charge in [0.2, 0.25) is 5.95 Å². The summed E-state index contributed by atoms with van der Waals surface area (Å²) in [5.74, 6) is 1.63. The number of fused-ring (bicyclic) bond motifs is 1. The van der Waals surface area contributed by atoms with Gasteiger partial charge in [-0.3, -0.25) is 10.00 Å². The molecule has 3 heterocycles. The highest BCUT2D eigenvalue weighted by Gasteiger charge is 2.31. The Morgan fingerprint density at radius 3 is 2.70 bits per heavy atom. The van der Waals surface area contributed by atoms with Crippen LogP contribution < -0.4 is 10.2 Å². The van der Waals surface area contributed by atoms with Gasteiger partial charge in [-0.05, 0) is 12.8 Å². The first-order valence-electron chi connectivity index (χ1n) is 7.23. The minimum atomic E-state index is 0.640. The molecule has 7 heteroatoms. The van der Waals surface area contributed by atoms with Crippen molar-refractivity contribution in [1.82, 2.24) is 25.1 Å². The van der Waals surface area contributed by atoms with Crippen molar-refractivity contribution in [3.63, 3.8) is 0 Å². The number of anilines is 2. The Bertz CT molecular complexity index is 610. The number of nitrogens with zero attached hydrogens (tertiary/aromatic N) is 5. The van der Waals surface area contributed by atoms with Gasteiger partial charge >= 0.3 is 0 Å². The van der Waals surface area contributed by atoms with Gasteiger partial charge in [0.05, 0.1) is 11.6 Å². The van der Waals surface area contributed by atoms with E-state index < -0.39 is 0 Å². The molecule has 0 spiro atoms. The third-order valence-electron chi connectivity index (χ3n) is 4.19. The number of H-pyrrole nitrogens is 1. The Kier molecular flexibility index (Phi) is 2.73. The van der Waals surface area contributed by atoms with Crippen LogP contribution in [0.5, 0.6) is 0 Å². The van der Waals surface area contributed by atoms with Crippen LogP contribution in [0.15, 0.2) is 6.20 Å². The van der Waals surface area contributed by atoms with Gasteiger partial charge in [-0.15, -0.1) is 0 Å². The highest BCUT2D eigenvalue weighted by atomic mass is 15.3. The Labute approximate surface area is 117 Å². The fourth-order valence-electron chi connectivity index (χ4n) is 2.91. The zero-order valence-corrected chi connectivity index (χ0v) is 11.6. The van der Waals surface area contributed by atoms with Crippen LogP contribution in [0.4, 0.5) is 11.8 Å². The van der Waals surface area contributed by atoms with Crippen molar-refractivity contribution in [3.8, 4) is 0 Å². The van der Waals surface area contributed by atoms with Crippen molar-refractivity contribution >= 4 is 22.8 Å². The van der Waals surface area contributed by atoms with E-state index in [9.17, 15) is 0 Å². The molecule has 1 saturated carbocycles. The molecule has 20 heavy (non-hydrogen) atoms. The van der Waals surface area contributed by atoms with Gasteiger partial charge in [0.25, 0.3) is 0 Å². The molecule has 2 N–H and O–H groups in total. The minimum Gasteiger partial charge on any atom is -0.357 e. The fraction of sp³-hybridized carbons (Fsp3) is 0.615. The van der Waals surface area contributed by atoms with Crippen LogP contribution in [0.25, 0.3) is 11.0 Å². The smallest absolute Gasteiger partial charge is 0.226 e. The van der Waals surface area contributed by atoms with E-state index in [4.69, 9.17) is 0 Å². The molecule has 0 unspecified atom stereocenters. The van der Waals surface area contributed by atoms with Gasteiger partial charge in [0, 0.05) is 39.3 Å². The van der Waals surface area contributed by atoms with Crippen molar-refractivity contribution in [2.24, 2.45) is 0 Å². The van der Waals surface area contributed by atoms with E-state index in [0.717, 1.165) is 49.1 Å². The number of hydrogen-bond acceptors (Lipinski definition) is 6. The summed E-state index contributed by atoms with van der Waals surface area (Å²) in [6.07, 6.45) is 4.57. The zero-order valence-electron chi connectivity index (χ0n) is 11.6. The fourth-order valence-corrected chi connectivity index (χ4v) is 2.91. The molecule has 2 aromatic heterocycles. The first-order chi connectivity index (χ1) is 9.85. The molecule has 2 fully saturated rings. The van der Waals surface area contributed by atoms with Crippen molar-refractivity contribution in [2.45, 2.75) is 18.9 Å². The first-order valence-corrected chi connectivity index (χ1v) is 7.23. The maximum atomic E-state index is 4.63. The van der Waals surface area contributed by atoms with Gasteiger partial charge in [-0.1, -0.05) is 0 Å². The largest absolute Gasteiger partial charge is 0.357 e. The monoisotopic (exact) mass is 273 g/mol. The molecule has 2 aromatic rings. The molecule has 1 aliphatic carbocycles. The normalized spacial score (nSPS) is 20.6. The lowest BCUT2D eigenvalue weighted by Crippen LogP contribution is -2.47. The molecule has 2 aliphatic rings. The van der Waals surface area contributed by atoms with E-state index >= 15 is 0 Å². The molecule has 0 amide bonds. The maximum Gasteiger partial charge on any atom is 0.226 e. The van der Waals surface area contributed by atoms with Crippen molar-refractivity contribution in [2.75, 3.05) is 43.4 Å². The SMILES string of the molecule is CNc1nc(N2CCN(C3CC3)CC2)c2cn[nH]c2n1. The lowest BCUT2D eigenvalue weighted by molar-refractivity contribution is 0.248. The van der Waals surface area contributed by atoms with E-state index in [0.29, 0.717) is 5.95 Å². The molecule has 1 saturated heterocycles. The van der Waals surface area contributed by atoms with Gasteiger partial charge in [0.15, 0.2) is 5.65 Å². The topological polar surface area (TPSA) is 73.0 Å². The van der Waals surface area contributed by atoms with Crippen LogP contribution in [-0.4, -0.2) is 64.3 Å². The van der Waals surface area contributed by atoms with E-state index in [1.54, 1.807) is 0 Å². The summed E-state index contributed by atoms with van der Waals surface area (Å²) >= 11 is 0. The maximum absolute atomic E-state index is 4.63. The van der Waals surface area contributed by atoms with Gasteiger partial charge in [0.1, 0.15) is 5.82 Å². The second-order valence-corrected chi connectivity index (χ2v) is 5.51. The second kappa shape index (κ2) is 4.59. The number of aromatic amines is 1. The van der Waals surface area contributed by atoms with E-state index in [2.05, 4.69) is 35.3 Å². The summed E-state index contributed by atoms with van der Waals surface area (Å²) in [7, 11) is 1.84.